The average molecular weight is 251 g/mol. The summed E-state index contributed by atoms with van der Waals surface area (Å²) < 4.78 is 0. The first-order chi connectivity index (χ1) is 8.43. The van der Waals surface area contributed by atoms with Gasteiger partial charge in [0.2, 0.25) is 0 Å². The summed E-state index contributed by atoms with van der Waals surface area (Å²) in [5.41, 5.74) is 0.988. The van der Waals surface area contributed by atoms with E-state index in [1.54, 1.807) is 13.0 Å². The van der Waals surface area contributed by atoms with E-state index in [1.807, 2.05) is 0 Å². The SMILES string of the molecule is C=C(NC(C)C=O)C(O)Cc1ccc(O)c(O)c1. The normalized spacial score (nSPS) is 13.7. The second kappa shape index (κ2) is 6.07. The Bertz CT molecular complexity index is 445. The number of carbonyl (C=O) groups is 1. The Labute approximate surface area is 105 Å². The van der Waals surface area contributed by atoms with Gasteiger partial charge in [-0.2, -0.15) is 0 Å². The molecule has 0 aliphatic rings. The van der Waals surface area contributed by atoms with Gasteiger partial charge >= 0.3 is 0 Å². The summed E-state index contributed by atoms with van der Waals surface area (Å²) in [5, 5.41) is 31.1. The van der Waals surface area contributed by atoms with Crippen LogP contribution in [0, 0.1) is 0 Å². The molecule has 1 aromatic rings. The molecule has 2 unspecified atom stereocenters. The molecule has 0 spiro atoms. The summed E-state index contributed by atoms with van der Waals surface area (Å²) in [6.45, 7) is 5.30. The van der Waals surface area contributed by atoms with E-state index in [4.69, 9.17) is 5.11 Å². The second-order valence-electron chi connectivity index (χ2n) is 4.14. The summed E-state index contributed by atoms with van der Waals surface area (Å²) in [6.07, 6.45) is 0.0616. The van der Waals surface area contributed by atoms with E-state index < -0.39 is 12.1 Å². The van der Waals surface area contributed by atoms with Gasteiger partial charge in [0, 0.05) is 12.1 Å². The smallest absolute Gasteiger partial charge is 0.157 e. The quantitative estimate of drug-likeness (QED) is 0.441. The lowest BCUT2D eigenvalue weighted by atomic mass is 10.1. The fourth-order valence-electron chi connectivity index (χ4n) is 1.47. The van der Waals surface area contributed by atoms with Crippen LogP contribution in [0.15, 0.2) is 30.5 Å². The van der Waals surface area contributed by atoms with E-state index in [2.05, 4.69) is 11.9 Å². The van der Waals surface area contributed by atoms with Gasteiger partial charge in [0.25, 0.3) is 0 Å². The number of carbonyl (C=O) groups excluding carboxylic acids is 1. The Balaban J connectivity index is 2.63. The minimum Gasteiger partial charge on any atom is -0.504 e. The standard InChI is InChI=1S/C13H17NO4/c1-8(7-15)14-9(2)12(17)5-10-3-4-11(16)13(18)6-10/h3-4,6-8,12,14,16-18H,2,5H2,1H3. The molecule has 98 valence electrons. The van der Waals surface area contributed by atoms with Crippen molar-refractivity contribution in [2.45, 2.75) is 25.5 Å². The average Bonchev–Trinajstić information content (AvgIpc) is 2.33. The van der Waals surface area contributed by atoms with Gasteiger partial charge in [-0.25, -0.2) is 0 Å². The van der Waals surface area contributed by atoms with Crippen molar-refractivity contribution in [2.24, 2.45) is 0 Å². The summed E-state index contributed by atoms with van der Waals surface area (Å²) in [4.78, 5) is 10.5. The van der Waals surface area contributed by atoms with Crippen LogP contribution >= 0.6 is 0 Å². The molecular formula is C13H17NO4. The van der Waals surface area contributed by atoms with Crippen molar-refractivity contribution in [3.8, 4) is 11.5 Å². The van der Waals surface area contributed by atoms with Crippen molar-refractivity contribution in [1.29, 1.82) is 0 Å². The van der Waals surface area contributed by atoms with Gasteiger partial charge in [0.05, 0.1) is 12.1 Å². The third kappa shape index (κ3) is 3.78. The largest absolute Gasteiger partial charge is 0.504 e. The maximum absolute atomic E-state index is 10.5. The van der Waals surface area contributed by atoms with Crippen LogP contribution in [0.4, 0.5) is 0 Å². The zero-order valence-electron chi connectivity index (χ0n) is 10.1. The molecule has 5 heteroatoms. The lowest BCUT2D eigenvalue weighted by Gasteiger charge is -2.17. The minimum atomic E-state index is -0.878. The van der Waals surface area contributed by atoms with Crippen LogP contribution in [0.25, 0.3) is 0 Å². The van der Waals surface area contributed by atoms with Gasteiger partial charge in [-0.3, -0.25) is 0 Å². The topological polar surface area (TPSA) is 89.8 Å². The monoisotopic (exact) mass is 251 g/mol. The number of aliphatic hydroxyl groups is 1. The second-order valence-corrected chi connectivity index (χ2v) is 4.14. The van der Waals surface area contributed by atoms with Crippen LogP contribution in [0.5, 0.6) is 11.5 Å². The number of aldehydes is 1. The molecule has 0 aliphatic carbocycles. The third-order valence-corrected chi connectivity index (χ3v) is 2.49. The maximum Gasteiger partial charge on any atom is 0.157 e. The number of phenols is 2. The van der Waals surface area contributed by atoms with Gasteiger partial charge in [-0.05, 0) is 24.6 Å². The Hall–Kier alpha value is -2.01. The lowest BCUT2D eigenvalue weighted by Crippen LogP contribution is -2.32. The molecule has 0 heterocycles. The zero-order valence-corrected chi connectivity index (χ0v) is 10.1. The molecule has 0 fully saturated rings. The molecule has 1 aromatic carbocycles. The molecule has 18 heavy (non-hydrogen) atoms. The van der Waals surface area contributed by atoms with E-state index >= 15 is 0 Å². The van der Waals surface area contributed by atoms with E-state index in [0.29, 0.717) is 17.5 Å². The number of hydrogen-bond donors (Lipinski definition) is 4. The molecular weight excluding hydrogens is 234 g/mol. The van der Waals surface area contributed by atoms with Gasteiger partial charge in [0.15, 0.2) is 11.5 Å². The van der Waals surface area contributed by atoms with Crippen molar-refractivity contribution in [2.75, 3.05) is 0 Å². The third-order valence-electron chi connectivity index (χ3n) is 2.49. The number of aromatic hydroxyl groups is 2. The molecule has 0 saturated carbocycles. The molecule has 0 radical (unpaired) electrons. The molecule has 0 aliphatic heterocycles. The van der Waals surface area contributed by atoms with E-state index in [1.165, 1.54) is 12.1 Å². The highest BCUT2D eigenvalue weighted by Gasteiger charge is 2.12. The van der Waals surface area contributed by atoms with Gasteiger partial charge in [-0.1, -0.05) is 12.6 Å². The summed E-state index contributed by atoms with van der Waals surface area (Å²) in [7, 11) is 0. The molecule has 5 nitrogen and oxygen atoms in total. The van der Waals surface area contributed by atoms with E-state index in [-0.39, 0.29) is 17.9 Å². The first kappa shape index (κ1) is 14.1. The Morgan fingerprint density at radius 2 is 2.11 bits per heavy atom. The molecule has 4 N–H and O–H groups in total. The molecule has 0 saturated heterocycles. The van der Waals surface area contributed by atoms with Crippen molar-refractivity contribution < 1.29 is 20.1 Å². The van der Waals surface area contributed by atoms with E-state index in [9.17, 15) is 15.0 Å². The van der Waals surface area contributed by atoms with Crippen LogP contribution in [0.2, 0.25) is 0 Å². The summed E-state index contributed by atoms with van der Waals surface area (Å²) in [6, 6.07) is 3.89. The van der Waals surface area contributed by atoms with Gasteiger partial charge in [-0.15, -0.1) is 0 Å². The number of rotatable bonds is 6. The lowest BCUT2D eigenvalue weighted by molar-refractivity contribution is -0.109. The number of phenolic OH excluding ortho intramolecular Hbond substituents is 2. The molecule has 0 bridgehead atoms. The highest BCUT2D eigenvalue weighted by Crippen LogP contribution is 2.25. The fourth-order valence-corrected chi connectivity index (χ4v) is 1.47. The Morgan fingerprint density at radius 1 is 1.44 bits per heavy atom. The van der Waals surface area contributed by atoms with Crippen LogP contribution in [-0.4, -0.2) is 33.8 Å². The Morgan fingerprint density at radius 3 is 2.67 bits per heavy atom. The van der Waals surface area contributed by atoms with Crippen LogP contribution in [0.1, 0.15) is 12.5 Å². The summed E-state index contributed by atoms with van der Waals surface area (Å²) >= 11 is 0. The molecule has 1 rings (SSSR count). The first-order valence-corrected chi connectivity index (χ1v) is 5.53. The van der Waals surface area contributed by atoms with Crippen LogP contribution in [-0.2, 0) is 11.2 Å². The number of hydrogen-bond acceptors (Lipinski definition) is 5. The van der Waals surface area contributed by atoms with Crippen molar-refractivity contribution in [3.63, 3.8) is 0 Å². The highest BCUT2D eigenvalue weighted by molar-refractivity contribution is 5.57. The van der Waals surface area contributed by atoms with E-state index in [0.717, 1.165) is 0 Å². The van der Waals surface area contributed by atoms with Gasteiger partial charge < -0.3 is 25.4 Å². The maximum atomic E-state index is 10.5. The predicted molar refractivity (Wildman–Crippen MR) is 67.3 cm³/mol. The predicted octanol–water partition coefficient (Wildman–Crippen LogP) is 0.692. The van der Waals surface area contributed by atoms with Crippen LogP contribution < -0.4 is 5.32 Å². The Kier molecular flexibility index (Phi) is 4.74. The molecule has 2 atom stereocenters. The van der Waals surface area contributed by atoms with Crippen molar-refractivity contribution in [1.82, 2.24) is 5.32 Å². The number of aliphatic hydroxyl groups excluding tert-OH is 1. The highest BCUT2D eigenvalue weighted by atomic mass is 16.3. The minimum absolute atomic E-state index is 0.209. The zero-order chi connectivity index (χ0) is 13.7. The fraction of sp³-hybridized carbons (Fsp3) is 0.308. The number of nitrogens with one attached hydrogen (secondary N) is 1. The van der Waals surface area contributed by atoms with Crippen molar-refractivity contribution >= 4 is 6.29 Å². The number of benzene rings is 1. The van der Waals surface area contributed by atoms with Crippen LogP contribution in [0.3, 0.4) is 0 Å². The summed E-state index contributed by atoms with van der Waals surface area (Å²) in [5.74, 6) is -0.445. The van der Waals surface area contributed by atoms with Gasteiger partial charge in [0.1, 0.15) is 6.29 Å². The first-order valence-electron chi connectivity index (χ1n) is 5.53. The van der Waals surface area contributed by atoms with Crippen molar-refractivity contribution in [3.05, 3.63) is 36.0 Å². The molecule has 0 aromatic heterocycles. The molecule has 0 amide bonds.